The highest BCUT2D eigenvalue weighted by Gasteiger charge is 2.19. The van der Waals surface area contributed by atoms with Crippen LogP contribution in [0.4, 0.5) is 9.57 Å². The van der Waals surface area contributed by atoms with Crippen molar-refractivity contribution in [1.29, 1.82) is 0 Å². The van der Waals surface area contributed by atoms with Gasteiger partial charge in [-0.1, -0.05) is 31.4 Å². The molecule has 0 spiro atoms. The van der Waals surface area contributed by atoms with Crippen LogP contribution in [0, 0.1) is 19.8 Å². The van der Waals surface area contributed by atoms with Crippen LogP contribution in [-0.4, -0.2) is 28.6 Å². The van der Waals surface area contributed by atoms with Crippen LogP contribution < -0.4 is 11.1 Å². The molecule has 1 aromatic heterocycles. The third-order valence-electron chi connectivity index (χ3n) is 5.13. The fourth-order valence-corrected chi connectivity index (χ4v) is 3.89. The second kappa shape index (κ2) is 10.5. The van der Waals surface area contributed by atoms with Crippen molar-refractivity contribution in [3.8, 4) is 11.1 Å². The van der Waals surface area contributed by atoms with Gasteiger partial charge in [-0.05, 0) is 50.3 Å². The van der Waals surface area contributed by atoms with Crippen molar-refractivity contribution in [3.63, 3.8) is 0 Å². The van der Waals surface area contributed by atoms with Gasteiger partial charge in [-0.25, -0.2) is 0 Å². The molecular formula is C20H29FN4OS. The number of aryl methyl sites for hydroxylation is 1. The molecule has 0 saturated heterocycles. The van der Waals surface area contributed by atoms with Gasteiger partial charge in [-0.3, -0.25) is 0 Å². The lowest BCUT2D eigenvalue weighted by Gasteiger charge is -2.23. The van der Waals surface area contributed by atoms with Crippen molar-refractivity contribution < 1.29 is 8.68 Å². The number of carbonyl (C=O) groups excluding carboxylic acids is 1. The molecule has 0 amide bonds. The van der Waals surface area contributed by atoms with Crippen molar-refractivity contribution >= 4 is 24.3 Å². The van der Waals surface area contributed by atoms with E-state index in [-0.39, 0.29) is 18.4 Å². The summed E-state index contributed by atoms with van der Waals surface area (Å²) in [5.41, 5.74) is 10.3. The highest BCUT2D eigenvalue weighted by atomic mass is 32.2. The number of nitrogens with zero attached hydrogens (tertiary/aromatic N) is 2. The number of hydrogen-bond donors (Lipinski definition) is 2. The Morgan fingerprint density at radius 3 is 2.37 bits per heavy atom. The van der Waals surface area contributed by atoms with Crippen molar-refractivity contribution in [2.75, 3.05) is 12.4 Å². The van der Waals surface area contributed by atoms with Crippen LogP contribution >= 0.6 is 12.3 Å². The van der Waals surface area contributed by atoms with Crippen molar-refractivity contribution in [1.82, 2.24) is 9.19 Å². The molecular weight excluding hydrogens is 363 g/mol. The Labute approximate surface area is 165 Å². The lowest BCUT2D eigenvalue weighted by Crippen LogP contribution is -2.32. The van der Waals surface area contributed by atoms with E-state index in [4.69, 9.17) is 5.73 Å². The molecule has 148 valence electrons. The number of carbonyl (C=O) groups is 1. The first kappa shape index (κ1) is 21.4. The minimum Gasteiger partial charge on any atom is -0.388 e. The summed E-state index contributed by atoms with van der Waals surface area (Å²) in [4.78, 5) is 10.3. The molecule has 1 aromatic carbocycles. The maximum Gasteiger partial charge on any atom is 0.187 e. The largest absolute Gasteiger partial charge is 0.388 e. The average molecular weight is 393 g/mol. The predicted octanol–water partition coefficient (Wildman–Crippen LogP) is 4.68. The number of benzene rings is 1. The van der Waals surface area contributed by atoms with E-state index in [9.17, 15) is 8.68 Å². The Balaban J connectivity index is 0.000000223. The van der Waals surface area contributed by atoms with Gasteiger partial charge in [0.15, 0.2) is 12.3 Å². The molecule has 1 saturated carbocycles. The zero-order valence-corrected chi connectivity index (χ0v) is 17.1. The normalized spacial score (nSPS) is 15.6. The number of halogens is 1. The van der Waals surface area contributed by atoms with E-state index in [0.29, 0.717) is 5.92 Å². The number of rotatable bonds is 5. The van der Waals surface area contributed by atoms with E-state index in [2.05, 4.69) is 10.4 Å². The number of nitrogens with one attached hydrogen (secondary N) is 1. The summed E-state index contributed by atoms with van der Waals surface area (Å²) in [5.74, 6) is 0.478. The second-order valence-electron chi connectivity index (χ2n) is 6.93. The molecule has 0 bridgehead atoms. The van der Waals surface area contributed by atoms with E-state index in [0.717, 1.165) is 47.3 Å². The summed E-state index contributed by atoms with van der Waals surface area (Å²) in [5, 5.41) is 7.20. The maximum atomic E-state index is 12.6. The second-order valence-corrected chi connectivity index (χ2v) is 7.41. The minimum atomic E-state index is -0.194. The van der Waals surface area contributed by atoms with Gasteiger partial charge >= 0.3 is 0 Å². The third-order valence-corrected chi connectivity index (χ3v) is 5.62. The van der Waals surface area contributed by atoms with Gasteiger partial charge in [0, 0.05) is 18.3 Å². The summed E-state index contributed by atoms with van der Waals surface area (Å²) < 4.78 is 13.9. The highest BCUT2D eigenvalue weighted by molar-refractivity contribution is 7.92. The first-order valence-corrected chi connectivity index (χ1v) is 10.0. The van der Waals surface area contributed by atoms with Crippen LogP contribution in [0.1, 0.15) is 43.5 Å². The molecule has 0 aliphatic heterocycles. The Bertz CT molecular complexity index is 726. The summed E-state index contributed by atoms with van der Waals surface area (Å²) in [7, 11) is 1.88. The van der Waals surface area contributed by atoms with E-state index < -0.39 is 0 Å². The molecule has 1 unspecified atom stereocenters. The summed E-state index contributed by atoms with van der Waals surface area (Å²) >= 11 is 0.126. The average Bonchev–Trinajstić information content (AvgIpc) is 3.02. The topological polar surface area (TPSA) is 72.9 Å². The lowest BCUT2D eigenvalue weighted by atomic mass is 9.85. The van der Waals surface area contributed by atoms with Crippen molar-refractivity contribution in [2.45, 2.75) is 52.0 Å². The van der Waals surface area contributed by atoms with Crippen molar-refractivity contribution in [3.05, 3.63) is 35.7 Å². The first-order chi connectivity index (χ1) is 13.0. The number of anilines is 1. The van der Waals surface area contributed by atoms with Gasteiger partial charge < -0.3 is 15.8 Å². The van der Waals surface area contributed by atoms with E-state index in [1.54, 1.807) is 0 Å². The minimum absolute atomic E-state index is 0.126. The van der Waals surface area contributed by atoms with E-state index >= 15 is 0 Å². The summed E-state index contributed by atoms with van der Waals surface area (Å²) in [6.07, 6.45) is 7.02. The molecule has 27 heavy (non-hydrogen) atoms. The molecule has 7 heteroatoms. The van der Waals surface area contributed by atoms with Crippen LogP contribution in [-0.2, 0) is 4.79 Å². The fraction of sp³-hybridized carbons (Fsp3) is 0.500. The number of hydrogen-bond acceptors (Lipinski definition) is 5. The molecule has 1 heterocycles. The number of aldehydes is 1. The first-order valence-electron chi connectivity index (χ1n) is 9.36. The molecule has 1 fully saturated rings. The Kier molecular flexibility index (Phi) is 8.31. The maximum absolute atomic E-state index is 12.6. The molecule has 0 radical (unpaired) electrons. The SMILES string of the molecule is CNc1ccc(-c2c(C)nn(SF)c2C)cc1.NC(C=O)C1CCCCC1. The molecule has 3 N–H and O–H groups in total. The van der Waals surface area contributed by atoms with E-state index in [1.165, 1.54) is 23.3 Å². The van der Waals surface area contributed by atoms with Gasteiger partial charge in [0.2, 0.25) is 0 Å². The van der Waals surface area contributed by atoms with Gasteiger partial charge in [0.05, 0.1) is 17.4 Å². The van der Waals surface area contributed by atoms with Crippen molar-refractivity contribution in [2.24, 2.45) is 11.7 Å². The summed E-state index contributed by atoms with van der Waals surface area (Å²) in [6, 6.07) is 7.81. The van der Waals surface area contributed by atoms with Gasteiger partial charge in [-0.2, -0.15) is 9.19 Å². The Morgan fingerprint density at radius 2 is 1.89 bits per heavy atom. The fourth-order valence-electron chi connectivity index (χ4n) is 3.54. The zero-order chi connectivity index (χ0) is 19.8. The number of aromatic nitrogens is 2. The van der Waals surface area contributed by atoms with Crippen LogP contribution in [0.5, 0.6) is 0 Å². The molecule has 1 atom stereocenters. The van der Waals surface area contributed by atoms with Gasteiger partial charge in [0.1, 0.15) is 6.29 Å². The molecule has 1 aliphatic rings. The van der Waals surface area contributed by atoms with Crippen LogP contribution in [0.2, 0.25) is 0 Å². The molecule has 1 aliphatic carbocycles. The smallest absolute Gasteiger partial charge is 0.187 e. The number of nitrogens with two attached hydrogens (primary N) is 1. The monoisotopic (exact) mass is 392 g/mol. The highest BCUT2D eigenvalue weighted by Crippen LogP contribution is 2.30. The van der Waals surface area contributed by atoms with Gasteiger partial charge in [-0.15, -0.1) is 3.89 Å². The van der Waals surface area contributed by atoms with Gasteiger partial charge in [0.25, 0.3) is 0 Å². The standard InChI is InChI=1S/C12H14FN3S.C8H15NO/c1-8-12(9(2)16(15-8)17-13)10-4-6-11(14-3)7-5-10;9-8(6-10)7-4-2-1-3-5-7/h4-7,14H,1-3H3;6-8H,1-5,9H2. The van der Waals surface area contributed by atoms with Crippen LogP contribution in [0.25, 0.3) is 11.1 Å². The lowest BCUT2D eigenvalue weighted by molar-refractivity contribution is -0.110. The summed E-state index contributed by atoms with van der Waals surface area (Å²) in [6.45, 7) is 3.76. The predicted molar refractivity (Wildman–Crippen MR) is 111 cm³/mol. The molecule has 2 aromatic rings. The van der Waals surface area contributed by atoms with Crippen LogP contribution in [0.3, 0.4) is 0 Å². The molecule has 3 rings (SSSR count). The Hall–Kier alpha value is -1.86. The van der Waals surface area contributed by atoms with Crippen LogP contribution in [0.15, 0.2) is 24.3 Å². The van der Waals surface area contributed by atoms with E-state index in [1.807, 2.05) is 45.2 Å². The quantitative estimate of drug-likeness (QED) is 0.723. The third kappa shape index (κ3) is 5.56. The zero-order valence-electron chi connectivity index (χ0n) is 16.2. The molecule has 5 nitrogen and oxygen atoms in total. The Morgan fingerprint density at radius 1 is 1.26 bits per heavy atom.